The van der Waals surface area contributed by atoms with Crippen LogP contribution in [0.4, 0.5) is 0 Å². The zero-order valence-electron chi connectivity index (χ0n) is 16.0. The van der Waals surface area contributed by atoms with E-state index in [0.717, 1.165) is 24.8 Å². The topological polar surface area (TPSA) is 78.4 Å². The first kappa shape index (κ1) is 20.9. The second-order valence-electron chi connectivity index (χ2n) is 6.63. The fourth-order valence-electron chi connectivity index (χ4n) is 2.39. The Morgan fingerprint density at radius 1 is 1.24 bits per heavy atom. The van der Waals surface area contributed by atoms with Crippen LogP contribution in [0.2, 0.25) is 0 Å². The van der Waals surface area contributed by atoms with Crippen LogP contribution in [0, 0.1) is 5.92 Å². The molecule has 0 saturated carbocycles. The van der Waals surface area contributed by atoms with Gasteiger partial charge in [0.15, 0.2) is 5.96 Å². The van der Waals surface area contributed by atoms with Crippen molar-refractivity contribution in [1.82, 2.24) is 20.9 Å². The highest BCUT2D eigenvalue weighted by Gasteiger charge is 2.06. The van der Waals surface area contributed by atoms with Crippen molar-refractivity contribution in [3.8, 4) is 0 Å². The Labute approximate surface area is 151 Å². The Morgan fingerprint density at radius 2 is 2.04 bits per heavy atom. The number of hydrogen-bond acceptors (Lipinski definition) is 3. The van der Waals surface area contributed by atoms with Crippen molar-refractivity contribution in [2.45, 2.75) is 53.0 Å². The van der Waals surface area contributed by atoms with E-state index in [0.29, 0.717) is 24.7 Å². The number of hydrogen-bond donors (Lipinski definition) is 3. The van der Waals surface area contributed by atoms with E-state index in [1.54, 1.807) is 24.5 Å². The van der Waals surface area contributed by atoms with Crippen molar-refractivity contribution in [2.24, 2.45) is 10.9 Å². The summed E-state index contributed by atoms with van der Waals surface area (Å²) in [5.41, 5.74) is 0.565. The first-order valence-electron chi connectivity index (χ1n) is 9.26. The van der Waals surface area contributed by atoms with E-state index >= 15 is 0 Å². The molecule has 0 bridgehead atoms. The van der Waals surface area contributed by atoms with Crippen LogP contribution in [0.1, 0.15) is 57.3 Å². The molecular formula is C19H33N5O. The first-order valence-corrected chi connectivity index (χ1v) is 9.26. The summed E-state index contributed by atoms with van der Waals surface area (Å²) < 4.78 is 0. The number of pyridine rings is 1. The molecule has 25 heavy (non-hydrogen) atoms. The van der Waals surface area contributed by atoms with Gasteiger partial charge in [0.1, 0.15) is 0 Å². The van der Waals surface area contributed by atoms with Crippen LogP contribution in [-0.4, -0.2) is 42.5 Å². The van der Waals surface area contributed by atoms with Gasteiger partial charge in [-0.3, -0.25) is 14.8 Å². The summed E-state index contributed by atoms with van der Waals surface area (Å²) in [4.78, 5) is 20.4. The Balaban J connectivity index is 2.35. The summed E-state index contributed by atoms with van der Waals surface area (Å²) in [7, 11) is 0. The summed E-state index contributed by atoms with van der Waals surface area (Å²) in [6.07, 6.45) is 6.80. The molecule has 1 aromatic heterocycles. The number of carbonyl (C=O) groups excluding carboxylic acids is 1. The molecule has 6 heteroatoms. The molecule has 0 aliphatic rings. The van der Waals surface area contributed by atoms with E-state index in [1.807, 2.05) is 6.92 Å². The van der Waals surface area contributed by atoms with Crippen molar-refractivity contribution in [3.05, 3.63) is 30.1 Å². The Kier molecular flexibility index (Phi) is 10.3. The second kappa shape index (κ2) is 12.3. The quantitative estimate of drug-likeness (QED) is 0.345. The van der Waals surface area contributed by atoms with Crippen molar-refractivity contribution >= 4 is 11.9 Å². The van der Waals surface area contributed by atoms with Gasteiger partial charge >= 0.3 is 0 Å². The molecule has 0 aliphatic carbocycles. The molecule has 0 fully saturated rings. The number of nitrogens with zero attached hydrogens (tertiary/aromatic N) is 2. The molecular weight excluding hydrogens is 314 g/mol. The van der Waals surface area contributed by atoms with Gasteiger partial charge in [0.25, 0.3) is 5.91 Å². The molecule has 1 atom stereocenters. The lowest BCUT2D eigenvalue weighted by Gasteiger charge is -2.18. The molecule has 140 valence electrons. The van der Waals surface area contributed by atoms with Crippen LogP contribution in [0.15, 0.2) is 29.5 Å². The predicted octanol–water partition coefficient (Wildman–Crippen LogP) is 2.58. The first-order chi connectivity index (χ1) is 12.0. The smallest absolute Gasteiger partial charge is 0.252 e. The predicted molar refractivity (Wildman–Crippen MR) is 104 cm³/mol. The van der Waals surface area contributed by atoms with Gasteiger partial charge in [0.2, 0.25) is 0 Å². The van der Waals surface area contributed by atoms with Crippen molar-refractivity contribution < 1.29 is 4.79 Å². The zero-order chi connectivity index (χ0) is 18.5. The van der Waals surface area contributed by atoms with Crippen LogP contribution in [0.25, 0.3) is 0 Å². The largest absolute Gasteiger partial charge is 0.357 e. The second-order valence-corrected chi connectivity index (χ2v) is 6.63. The minimum absolute atomic E-state index is 0.122. The average Bonchev–Trinajstić information content (AvgIpc) is 2.59. The lowest BCUT2D eigenvalue weighted by atomic mass is 10.0. The van der Waals surface area contributed by atoms with Gasteiger partial charge in [-0.2, -0.15) is 0 Å². The number of guanidine groups is 1. The molecule has 1 heterocycles. The number of aromatic nitrogens is 1. The van der Waals surface area contributed by atoms with E-state index in [2.05, 4.69) is 46.7 Å². The lowest BCUT2D eigenvalue weighted by Crippen LogP contribution is -2.42. The third-order valence-electron chi connectivity index (χ3n) is 3.74. The maximum absolute atomic E-state index is 11.9. The summed E-state index contributed by atoms with van der Waals surface area (Å²) in [5.74, 6) is 1.43. The van der Waals surface area contributed by atoms with Crippen molar-refractivity contribution in [1.29, 1.82) is 0 Å². The molecule has 1 aromatic rings. The summed E-state index contributed by atoms with van der Waals surface area (Å²) >= 11 is 0. The molecule has 0 radical (unpaired) electrons. The molecule has 6 nitrogen and oxygen atoms in total. The molecule has 0 aliphatic heterocycles. The fraction of sp³-hybridized carbons (Fsp3) is 0.632. The highest BCUT2D eigenvalue weighted by molar-refractivity contribution is 5.93. The standard InChI is InChI=1S/C19H33N5O/c1-5-21-19(24-16(4)9-6-8-15(2)3)23-13-12-22-18(25)17-10-7-11-20-14-17/h7,10-11,14-16H,5-6,8-9,12-13H2,1-4H3,(H,22,25)(H2,21,23,24). The molecule has 0 spiro atoms. The maximum atomic E-state index is 11.9. The Morgan fingerprint density at radius 3 is 2.68 bits per heavy atom. The number of carbonyl (C=O) groups is 1. The van der Waals surface area contributed by atoms with Crippen LogP contribution in [0.5, 0.6) is 0 Å². The van der Waals surface area contributed by atoms with Gasteiger partial charge in [-0.1, -0.05) is 26.7 Å². The number of aliphatic imine (C=N–C) groups is 1. The SMILES string of the molecule is CCNC(=NCCNC(=O)c1cccnc1)NC(C)CCCC(C)C. The molecule has 1 amide bonds. The third-order valence-corrected chi connectivity index (χ3v) is 3.74. The monoisotopic (exact) mass is 347 g/mol. The van der Waals surface area contributed by atoms with Gasteiger partial charge in [0, 0.05) is 31.5 Å². The summed E-state index contributed by atoms with van der Waals surface area (Å²) in [6.45, 7) is 10.6. The van der Waals surface area contributed by atoms with Gasteiger partial charge < -0.3 is 16.0 Å². The Hall–Kier alpha value is -2.11. The normalized spacial score (nSPS) is 12.8. The maximum Gasteiger partial charge on any atom is 0.252 e. The highest BCUT2D eigenvalue weighted by Crippen LogP contribution is 2.08. The van der Waals surface area contributed by atoms with Crippen LogP contribution in [0.3, 0.4) is 0 Å². The summed E-state index contributed by atoms with van der Waals surface area (Å²) in [6, 6.07) is 3.87. The molecule has 1 unspecified atom stereocenters. The summed E-state index contributed by atoms with van der Waals surface area (Å²) in [5, 5.41) is 9.53. The number of rotatable bonds is 10. The minimum Gasteiger partial charge on any atom is -0.357 e. The average molecular weight is 348 g/mol. The van der Waals surface area contributed by atoms with Crippen molar-refractivity contribution in [2.75, 3.05) is 19.6 Å². The Bertz CT molecular complexity index is 516. The van der Waals surface area contributed by atoms with Gasteiger partial charge in [-0.05, 0) is 38.3 Å². The third kappa shape index (κ3) is 9.69. The van der Waals surface area contributed by atoms with E-state index in [4.69, 9.17) is 0 Å². The number of amides is 1. The molecule has 3 N–H and O–H groups in total. The number of nitrogens with one attached hydrogen (secondary N) is 3. The van der Waals surface area contributed by atoms with E-state index in [-0.39, 0.29) is 5.91 Å². The highest BCUT2D eigenvalue weighted by atomic mass is 16.1. The van der Waals surface area contributed by atoms with Crippen LogP contribution in [-0.2, 0) is 0 Å². The van der Waals surface area contributed by atoms with E-state index in [1.165, 1.54) is 12.8 Å². The van der Waals surface area contributed by atoms with Crippen LogP contribution < -0.4 is 16.0 Å². The van der Waals surface area contributed by atoms with E-state index < -0.39 is 0 Å². The lowest BCUT2D eigenvalue weighted by molar-refractivity contribution is 0.0954. The molecule has 0 aromatic carbocycles. The van der Waals surface area contributed by atoms with Gasteiger partial charge in [-0.25, -0.2) is 0 Å². The van der Waals surface area contributed by atoms with Crippen molar-refractivity contribution in [3.63, 3.8) is 0 Å². The molecule has 1 rings (SSSR count). The molecule has 0 saturated heterocycles. The van der Waals surface area contributed by atoms with Gasteiger partial charge in [-0.15, -0.1) is 0 Å². The fourth-order valence-corrected chi connectivity index (χ4v) is 2.39. The van der Waals surface area contributed by atoms with E-state index in [9.17, 15) is 4.79 Å². The van der Waals surface area contributed by atoms with Gasteiger partial charge in [0.05, 0.1) is 12.1 Å². The van der Waals surface area contributed by atoms with Crippen LogP contribution >= 0.6 is 0 Å². The minimum atomic E-state index is -0.122. The zero-order valence-corrected chi connectivity index (χ0v) is 16.0.